The molecule has 1 atom stereocenters. The van der Waals surface area contributed by atoms with Crippen LogP contribution in [0, 0.1) is 0 Å². The molecule has 1 aromatic rings. The molecule has 0 radical (unpaired) electrons. The Bertz CT molecular complexity index is 502. The molecule has 22 heavy (non-hydrogen) atoms. The van der Waals surface area contributed by atoms with Crippen LogP contribution in [0.25, 0.3) is 0 Å². The summed E-state index contributed by atoms with van der Waals surface area (Å²) in [7, 11) is 1.59. The van der Waals surface area contributed by atoms with Crippen LogP contribution in [0.15, 0.2) is 28.7 Å². The third-order valence-corrected chi connectivity index (χ3v) is 3.82. The molecule has 124 valence electrons. The van der Waals surface area contributed by atoms with Gasteiger partial charge in [-0.25, -0.2) is 8.78 Å². The molecule has 1 aromatic carbocycles. The molecule has 1 aliphatic heterocycles. The molecule has 1 saturated heterocycles. The molecular formula is C14H18BrClF2N2O2. The van der Waals surface area contributed by atoms with Gasteiger partial charge < -0.3 is 9.64 Å². The van der Waals surface area contributed by atoms with E-state index in [1.54, 1.807) is 7.05 Å². The van der Waals surface area contributed by atoms with Gasteiger partial charge in [0, 0.05) is 17.9 Å². The SMILES string of the molecule is CN(CCOc1ccc(Br)cc1)C(=O)C1CC(F)(F)CN1.Cl. The van der Waals surface area contributed by atoms with Crippen molar-refractivity contribution in [1.29, 1.82) is 0 Å². The van der Waals surface area contributed by atoms with Crippen LogP contribution >= 0.6 is 28.3 Å². The summed E-state index contributed by atoms with van der Waals surface area (Å²) < 4.78 is 32.6. The Labute approximate surface area is 142 Å². The Morgan fingerprint density at radius 2 is 2.09 bits per heavy atom. The van der Waals surface area contributed by atoms with E-state index in [0.29, 0.717) is 18.9 Å². The fourth-order valence-electron chi connectivity index (χ4n) is 2.10. The molecule has 1 fully saturated rings. The van der Waals surface area contributed by atoms with Gasteiger partial charge in [-0.1, -0.05) is 15.9 Å². The highest BCUT2D eigenvalue weighted by Gasteiger charge is 2.43. The zero-order chi connectivity index (χ0) is 15.5. The first-order chi connectivity index (χ1) is 9.87. The van der Waals surface area contributed by atoms with Crippen LogP contribution < -0.4 is 10.1 Å². The summed E-state index contributed by atoms with van der Waals surface area (Å²) in [6.07, 6.45) is -0.441. The van der Waals surface area contributed by atoms with Crippen molar-refractivity contribution in [2.75, 3.05) is 26.7 Å². The van der Waals surface area contributed by atoms with Crippen LogP contribution in [0.1, 0.15) is 6.42 Å². The van der Waals surface area contributed by atoms with E-state index < -0.39 is 24.9 Å². The quantitative estimate of drug-likeness (QED) is 0.828. The first-order valence-corrected chi connectivity index (χ1v) is 7.41. The predicted molar refractivity (Wildman–Crippen MR) is 85.9 cm³/mol. The zero-order valence-electron chi connectivity index (χ0n) is 12.0. The lowest BCUT2D eigenvalue weighted by molar-refractivity contribution is -0.132. The standard InChI is InChI=1S/C14H17BrF2N2O2.ClH/c1-19(13(20)12-8-14(16,17)9-18-12)6-7-21-11-4-2-10(15)3-5-11;/h2-5,12,18H,6-9H2,1H3;1H. The third kappa shape index (κ3) is 5.37. The van der Waals surface area contributed by atoms with Gasteiger partial charge in [-0.05, 0) is 24.3 Å². The van der Waals surface area contributed by atoms with Crippen LogP contribution in [0.3, 0.4) is 0 Å². The minimum Gasteiger partial charge on any atom is -0.492 e. The first kappa shape index (κ1) is 19.1. The Kier molecular flexibility index (Phi) is 7.02. The van der Waals surface area contributed by atoms with Crippen LogP contribution in [-0.4, -0.2) is 49.5 Å². The van der Waals surface area contributed by atoms with Crippen LogP contribution in [0.2, 0.25) is 0 Å². The average molecular weight is 400 g/mol. The number of likely N-dealkylation sites (N-methyl/N-ethyl adjacent to an activating group) is 1. The maximum atomic E-state index is 13.1. The molecule has 0 saturated carbocycles. The van der Waals surface area contributed by atoms with E-state index in [9.17, 15) is 13.6 Å². The van der Waals surface area contributed by atoms with E-state index in [2.05, 4.69) is 21.2 Å². The number of ether oxygens (including phenoxy) is 1. The highest BCUT2D eigenvalue weighted by Crippen LogP contribution is 2.25. The largest absolute Gasteiger partial charge is 0.492 e. The van der Waals surface area contributed by atoms with Gasteiger partial charge in [-0.2, -0.15) is 0 Å². The Morgan fingerprint density at radius 3 is 2.64 bits per heavy atom. The van der Waals surface area contributed by atoms with Crippen LogP contribution in [0.4, 0.5) is 8.78 Å². The van der Waals surface area contributed by atoms with Crippen LogP contribution in [0.5, 0.6) is 5.75 Å². The first-order valence-electron chi connectivity index (χ1n) is 6.62. The minimum atomic E-state index is -2.80. The van der Waals surface area contributed by atoms with Crippen molar-refractivity contribution in [2.45, 2.75) is 18.4 Å². The van der Waals surface area contributed by atoms with Gasteiger partial charge in [0.2, 0.25) is 5.91 Å². The van der Waals surface area contributed by atoms with Gasteiger partial charge >= 0.3 is 0 Å². The monoisotopic (exact) mass is 398 g/mol. The molecule has 1 N–H and O–H groups in total. The number of nitrogens with zero attached hydrogens (tertiary/aromatic N) is 1. The van der Waals surface area contributed by atoms with Gasteiger partial charge in [-0.15, -0.1) is 12.4 Å². The second-order valence-corrected chi connectivity index (χ2v) is 5.97. The van der Waals surface area contributed by atoms with Crippen molar-refractivity contribution in [3.8, 4) is 5.75 Å². The van der Waals surface area contributed by atoms with Crippen molar-refractivity contribution < 1.29 is 18.3 Å². The summed E-state index contributed by atoms with van der Waals surface area (Å²) in [6.45, 7) is 0.221. The number of hydrogen-bond donors (Lipinski definition) is 1. The van der Waals surface area contributed by atoms with Gasteiger partial charge in [0.15, 0.2) is 0 Å². The second kappa shape index (κ2) is 8.08. The maximum Gasteiger partial charge on any atom is 0.262 e. The molecule has 0 spiro atoms. The van der Waals surface area contributed by atoms with Crippen molar-refractivity contribution in [3.05, 3.63) is 28.7 Å². The summed E-state index contributed by atoms with van der Waals surface area (Å²) in [5, 5.41) is 2.55. The molecule has 8 heteroatoms. The highest BCUT2D eigenvalue weighted by atomic mass is 79.9. The second-order valence-electron chi connectivity index (χ2n) is 5.06. The normalized spacial score (nSPS) is 19.4. The smallest absolute Gasteiger partial charge is 0.262 e. The van der Waals surface area contributed by atoms with E-state index in [1.165, 1.54) is 4.90 Å². The lowest BCUT2D eigenvalue weighted by Crippen LogP contribution is -2.43. The zero-order valence-corrected chi connectivity index (χ0v) is 14.4. The number of carbonyl (C=O) groups is 1. The van der Waals surface area contributed by atoms with Gasteiger partial charge in [-0.3, -0.25) is 10.1 Å². The van der Waals surface area contributed by atoms with Crippen molar-refractivity contribution in [2.24, 2.45) is 0 Å². The molecule has 0 aliphatic carbocycles. The van der Waals surface area contributed by atoms with E-state index >= 15 is 0 Å². The summed E-state index contributed by atoms with van der Waals surface area (Å²) >= 11 is 3.33. The molecule has 1 heterocycles. The summed E-state index contributed by atoms with van der Waals surface area (Å²) in [5.74, 6) is -2.43. The Morgan fingerprint density at radius 1 is 1.45 bits per heavy atom. The number of nitrogens with one attached hydrogen (secondary N) is 1. The van der Waals surface area contributed by atoms with Crippen molar-refractivity contribution in [1.82, 2.24) is 10.2 Å². The Hall–Kier alpha value is -0.920. The fourth-order valence-corrected chi connectivity index (χ4v) is 2.36. The molecular weight excluding hydrogens is 382 g/mol. The molecule has 4 nitrogen and oxygen atoms in total. The number of rotatable bonds is 5. The Balaban J connectivity index is 0.00000242. The number of benzene rings is 1. The lowest BCUT2D eigenvalue weighted by Gasteiger charge is -2.21. The van der Waals surface area contributed by atoms with E-state index in [0.717, 1.165) is 4.47 Å². The van der Waals surface area contributed by atoms with Crippen LogP contribution in [-0.2, 0) is 4.79 Å². The highest BCUT2D eigenvalue weighted by molar-refractivity contribution is 9.10. The third-order valence-electron chi connectivity index (χ3n) is 3.29. The molecule has 0 bridgehead atoms. The number of amides is 1. The molecule has 2 rings (SSSR count). The topological polar surface area (TPSA) is 41.6 Å². The van der Waals surface area contributed by atoms with Gasteiger partial charge in [0.25, 0.3) is 5.92 Å². The molecule has 0 aromatic heterocycles. The van der Waals surface area contributed by atoms with Gasteiger partial charge in [0.05, 0.1) is 19.1 Å². The maximum absolute atomic E-state index is 13.1. The van der Waals surface area contributed by atoms with Gasteiger partial charge in [0.1, 0.15) is 12.4 Å². The van der Waals surface area contributed by atoms with Crippen molar-refractivity contribution >= 4 is 34.2 Å². The summed E-state index contributed by atoms with van der Waals surface area (Å²) in [6, 6.07) is 6.53. The molecule has 1 aliphatic rings. The summed E-state index contributed by atoms with van der Waals surface area (Å²) in [5.41, 5.74) is 0. The number of alkyl halides is 2. The predicted octanol–water partition coefficient (Wildman–Crippen LogP) is 2.71. The average Bonchev–Trinajstić information content (AvgIpc) is 2.80. The summed E-state index contributed by atoms with van der Waals surface area (Å²) in [4.78, 5) is 13.4. The number of hydrogen-bond acceptors (Lipinski definition) is 3. The van der Waals surface area contributed by atoms with E-state index in [4.69, 9.17) is 4.74 Å². The number of carbonyl (C=O) groups excluding carboxylic acids is 1. The molecule has 1 amide bonds. The molecule has 1 unspecified atom stereocenters. The van der Waals surface area contributed by atoms with Crippen molar-refractivity contribution in [3.63, 3.8) is 0 Å². The van der Waals surface area contributed by atoms with E-state index in [1.807, 2.05) is 24.3 Å². The minimum absolute atomic E-state index is 0. The lowest BCUT2D eigenvalue weighted by atomic mass is 10.2. The van der Waals surface area contributed by atoms with E-state index in [-0.39, 0.29) is 18.3 Å². The number of halogens is 4. The fraction of sp³-hybridized carbons (Fsp3) is 0.500.